The summed E-state index contributed by atoms with van der Waals surface area (Å²) in [6.45, 7) is 6.12. The molecule has 0 atom stereocenters. The maximum atomic E-state index is 12.8. The van der Waals surface area contributed by atoms with Crippen LogP contribution in [0, 0.1) is 12.3 Å². The Morgan fingerprint density at radius 2 is 1.71 bits per heavy atom. The monoisotopic (exact) mass is 448 g/mol. The van der Waals surface area contributed by atoms with E-state index in [-0.39, 0.29) is 21.9 Å². The molecule has 0 radical (unpaired) electrons. The molecule has 0 aromatic heterocycles. The van der Waals surface area contributed by atoms with Crippen molar-refractivity contribution < 1.29 is 32.6 Å². The number of carboxylic acids is 1. The number of hydrogen-bond acceptors (Lipinski definition) is 6. The van der Waals surface area contributed by atoms with Gasteiger partial charge in [0.1, 0.15) is 12.3 Å². The number of ether oxygens (including phenoxy) is 1. The van der Waals surface area contributed by atoms with Crippen LogP contribution in [0.25, 0.3) is 0 Å². The molecular formula is C21H24N2O7S. The number of hydrogen-bond donors (Lipinski definition) is 3. The molecule has 0 aliphatic heterocycles. The highest BCUT2D eigenvalue weighted by Gasteiger charge is 2.25. The molecule has 2 aromatic rings. The van der Waals surface area contributed by atoms with Gasteiger partial charge in [-0.1, -0.05) is 12.1 Å². The fourth-order valence-corrected chi connectivity index (χ4v) is 3.55. The Morgan fingerprint density at radius 1 is 1.06 bits per heavy atom. The molecule has 3 N–H and O–H groups in total. The first-order valence-electron chi connectivity index (χ1n) is 9.26. The molecule has 2 rings (SSSR count). The van der Waals surface area contributed by atoms with Gasteiger partial charge >= 0.3 is 11.9 Å². The minimum atomic E-state index is -4.08. The summed E-state index contributed by atoms with van der Waals surface area (Å²) in [4.78, 5) is 34.9. The zero-order valence-electron chi connectivity index (χ0n) is 17.6. The summed E-state index contributed by atoms with van der Waals surface area (Å²) >= 11 is 0. The van der Waals surface area contributed by atoms with Crippen molar-refractivity contribution in [3.63, 3.8) is 0 Å². The molecule has 31 heavy (non-hydrogen) atoms. The highest BCUT2D eigenvalue weighted by atomic mass is 32.2. The maximum absolute atomic E-state index is 12.8. The van der Waals surface area contributed by atoms with E-state index in [1.54, 1.807) is 27.7 Å². The number of aryl methyl sites for hydroxylation is 1. The molecule has 10 heteroatoms. The lowest BCUT2D eigenvalue weighted by atomic mass is 9.97. The van der Waals surface area contributed by atoms with Crippen LogP contribution in [0.15, 0.2) is 47.4 Å². The van der Waals surface area contributed by atoms with Gasteiger partial charge in [0.05, 0.1) is 21.6 Å². The largest absolute Gasteiger partial charge is 0.480 e. The number of benzene rings is 2. The third kappa shape index (κ3) is 6.29. The first-order chi connectivity index (χ1) is 14.3. The first-order valence-corrected chi connectivity index (χ1v) is 10.7. The molecule has 0 saturated heterocycles. The Morgan fingerprint density at radius 3 is 2.29 bits per heavy atom. The molecule has 0 heterocycles. The topological polar surface area (TPSA) is 139 Å². The van der Waals surface area contributed by atoms with E-state index in [2.05, 4.69) is 10.0 Å². The molecule has 0 unspecified atom stereocenters. The van der Waals surface area contributed by atoms with E-state index in [9.17, 15) is 22.8 Å². The van der Waals surface area contributed by atoms with E-state index in [0.717, 1.165) is 0 Å². The molecule has 0 saturated carbocycles. The Bertz CT molecular complexity index is 1120. The number of nitrogens with one attached hydrogen (secondary N) is 2. The number of esters is 1. The van der Waals surface area contributed by atoms with Gasteiger partial charge in [0.25, 0.3) is 15.9 Å². The van der Waals surface area contributed by atoms with Crippen molar-refractivity contribution in [2.45, 2.75) is 32.6 Å². The van der Waals surface area contributed by atoms with Crippen molar-refractivity contribution >= 4 is 33.6 Å². The molecule has 0 fully saturated rings. The number of para-hydroxylation sites is 1. The van der Waals surface area contributed by atoms with Crippen molar-refractivity contribution in [1.29, 1.82) is 0 Å². The predicted molar refractivity (Wildman–Crippen MR) is 113 cm³/mol. The molecule has 9 nitrogen and oxygen atoms in total. The van der Waals surface area contributed by atoms with Crippen molar-refractivity contribution in [3.8, 4) is 5.75 Å². The van der Waals surface area contributed by atoms with Crippen LogP contribution >= 0.6 is 0 Å². The standard InChI is InChI=1S/C21H24N2O7S/c1-13-11-14(9-10-17(13)30-20(27)21(2,3)4)31(28,29)23-16-8-6-5-7-15(16)19(26)22-12-18(24)25/h5-11,23H,12H2,1-4H3,(H,22,26)(H,24,25). The smallest absolute Gasteiger partial charge is 0.322 e. The summed E-state index contributed by atoms with van der Waals surface area (Å²) in [7, 11) is -4.08. The molecule has 0 aliphatic carbocycles. The zero-order chi connectivity index (χ0) is 23.4. The Balaban J connectivity index is 2.28. The Labute approximate surface area is 180 Å². The number of carbonyl (C=O) groups is 3. The molecule has 166 valence electrons. The second-order valence-electron chi connectivity index (χ2n) is 7.79. The average molecular weight is 448 g/mol. The summed E-state index contributed by atoms with van der Waals surface area (Å²) in [5.41, 5.74) is -0.317. The maximum Gasteiger partial charge on any atom is 0.322 e. The normalized spacial score (nSPS) is 11.5. The number of sulfonamides is 1. The van der Waals surface area contributed by atoms with Crippen molar-refractivity contribution in [1.82, 2.24) is 5.32 Å². The van der Waals surface area contributed by atoms with Gasteiger partial charge in [-0.2, -0.15) is 0 Å². The summed E-state index contributed by atoms with van der Waals surface area (Å²) < 4.78 is 33.4. The van der Waals surface area contributed by atoms with Gasteiger partial charge in [-0.3, -0.25) is 19.1 Å². The molecule has 0 aliphatic rings. The van der Waals surface area contributed by atoms with Crippen molar-refractivity contribution in [2.24, 2.45) is 5.41 Å². The van der Waals surface area contributed by atoms with E-state index in [4.69, 9.17) is 9.84 Å². The van der Waals surface area contributed by atoms with Crippen LogP contribution in [0.2, 0.25) is 0 Å². The SMILES string of the molecule is Cc1cc(S(=O)(=O)Nc2ccccc2C(=O)NCC(=O)O)ccc1OC(=O)C(C)(C)C. The highest BCUT2D eigenvalue weighted by molar-refractivity contribution is 7.92. The van der Waals surface area contributed by atoms with Crippen molar-refractivity contribution in [2.75, 3.05) is 11.3 Å². The molecule has 2 aromatic carbocycles. The van der Waals surface area contributed by atoms with Crippen molar-refractivity contribution in [3.05, 3.63) is 53.6 Å². The van der Waals surface area contributed by atoms with Crippen LogP contribution in [0.4, 0.5) is 5.69 Å². The van der Waals surface area contributed by atoms with Crippen LogP contribution in [0.1, 0.15) is 36.7 Å². The lowest BCUT2D eigenvalue weighted by Gasteiger charge is -2.18. The zero-order valence-corrected chi connectivity index (χ0v) is 18.4. The van der Waals surface area contributed by atoms with Crippen LogP contribution in [-0.2, 0) is 19.6 Å². The first kappa shape index (κ1) is 23.9. The third-order valence-electron chi connectivity index (χ3n) is 4.09. The fraction of sp³-hybridized carbons (Fsp3) is 0.286. The van der Waals surface area contributed by atoms with E-state index in [0.29, 0.717) is 5.56 Å². The number of amides is 1. The quantitative estimate of drug-likeness (QED) is 0.437. The highest BCUT2D eigenvalue weighted by Crippen LogP contribution is 2.27. The van der Waals surface area contributed by atoms with Gasteiger partial charge in [0.15, 0.2) is 0 Å². The summed E-state index contributed by atoms with van der Waals surface area (Å²) in [5.74, 6) is -2.17. The fourth-order valence-electron chi connectivity index (χ4n) is 2.38. The minimum absolute atomic E-state index is 0.00808. The molecular weight excluding hydrogens is 424 g/mol. The van der Waals surface area contributed by atoms with E-state index in [1.807, 2.05) is 0 Å². The van der Waals surface area contributed by atoms with Gasteiger partial charge < -0.3 is 15.2 Å². The molecule has 1 amide bonds. The molecule has 0 bridgehead atoms. The van der Waals surface area contributed by atoms with Crippen LogP contribution in [0.3, 0.4) is 0 Å². The minimum Gasteiger partial charge on any atom is -0.480 e. The van der Waals surface area contributed by atoms with Gasteiger partial charge in [-0.25, -0.2) is 8.42 Å². The number of anilines is 1. The summed E-state index contributed by atoms with van der Waals surface area (Å²) in [6, 6.07) is 9.84. The number of aliphatic carboxylic acids is 1. The second-order valence-corrected chi connectivity index (χ2v) is 9.48. The van der Waals surface area contributed by atoms with Crippen LogP contribution in [0.5, 0.6) is 5.75 Å². The summed E-state index contributed by atoms with van der Waals surface area (Å²) in [5, 5.41) is 10.9. The number of rotatable bonds is 7. The third-order valence-corrected chi connectivity index (χ3v) is 5.45. The molecule has 0 spiro atoms. The van der Waals surface area contributed by atoms with Gasteiger partial charge in [0, 0.05) is 0 Å². The second kappa shape index (κ2) is 9.17. The van der Waals surface area contributed by atoms with Gasteiger partial charge in [0.2, 0.25) is 0 Å². The average Bonchev–Trinajstić information content (AvgIpc) is 2.66. The van der Waals surface area contributed by atoms with Crippen LogP contribution in [-0.4, -0.2) is 37.9 Å². The number of carboxylic acid groups (broad SMARTS) is 1. The Hall–Kier alpha value is -3.40. The van der Waals surface area contributed by atoms with E-state index in [1.165, 1.54) is 42.5 Å². The lowest BCUT2D eigenvalue weighted by Crippen LogP contribution is -2.30. The van der Waals surface area contributed by atoms with E-state index < -0.39 is 39.8 Å². The lowest BCUT2D eigenvalue weighted by molar-refractivity contribution is -0.143. The summed E-state index contributed by atoms with van der Waals surface area (Å²) in [6.07, 6.45) is 0. The van der Waals surface area contributed by atoms with Gasteiger partial charge in [-0.15, -0.1) is 0 Å². The number of carbonyl (C=O) groups excluding carboxylic acids is 2. The van der Waals surface area contributed by atoms with Crippen LogP contribution < -0.4 is 14.8 Å². The van der Waals surface area contributed by atoms with Gasteiger partial charge in [-0.05, 0) is 63.6 Å². The van der Waals surface area contributed by atoms with E-state index >= 15 is 0 Å². The predicted octanol–water partition coefficient (Wildman–Crippen LogP) is 2.56. The Kier molecular flexibility index (Phi) is 7.06.